The zero-order chi connectivity index (χ0) is 24.5. The van der Waals surface area contributed by atoms with Crippen molar-refractivity contribution < 1.29 is 21.2 Å². The Balaban J connectivity index is 1.28. The molecule has 35 heavy (non-hydrogen) atoms. The van der Waals surface area contributed by atoms with Crippen molar-refractivity contribution in [3.63, 3.8) is 0 Å². The number of halogens is 1. The molecule has 2 aromatic heterocycles. The lowest BCUT2D eigenvalue weighted by Gasteiger charge is -2.38. The normalized spacial score (nSPS) is 25.3. The molecule has 1 saturated carbocycles. The number of anilines is 2. The predicted molar refractivity (Wildman–Crippen MR) is 129 cm³/mol. The van der Waals surface area contributed by atoms with E-state index < -0.39 is 25.7 Å². The number of aromatic nitrogens is 3. The third kappa shape index (κ3) is 3.91. The van der Waals surface area contributed by atoms with Crippen LogP contribution in [-0.2, 0) is 19.9 Å². The van der Waals surface area contributed by atoms with Crippen LogP contribution >= 0.6 is 0 Å². The van der Waals surface area contributed by atoms with Crippen molar-refractivity contribution in [2.24, 2.45) is 0 Å². The zero-order valence-corrected chi connectivity index (χ0v) is 20.8. The molecule has 2 atom stereocenters. The van der Waals surface area contributed by atoms with Gasteiger partial charge >= 0.3 is 0 Å². The molecule has 9 nitrogen and oxygen atoms in total. The van der Waals surface area contributed by atoms with Gasteiger partial charge in [0, 0.05) is 36.0 Å². The molecular weight excluding hydrogens is 493 g/mol. The summed E-state index contributed by atoms with van der Waals surface area (Å²) >= 11 is 0. The summed E-state index contributed by atoms with van der Waals surface area (Å²) in [5.74, 6) is -0.682. The third-order valence-electron chi connectivity index (χ3n) is 7.43. The van der Waals surface area contributed by atoms with Crippen molar-refractivity contribution >= 4 is 42.3 Å². The second kappa shape index (κ2) is 7.97. The Bertz CT molecular complexity index is 1520. The molecule has 2 aliphatic heterocycles. The Morgan fingerprint density at radius 3 is 2.31 bits per heavy atom. The maximum Gasteiger partial charge on any atom is 0.217 e. The summed E-state index contributed by atoms with van der Waals surface area (Å²) < 4.78 is 67.8. The number of hydrogen-bond donors (Lipinski definition) is 1. The van der Waals surface area contributed by atoms with E-state index >= 15 is 0 Å². The standard InChI is InChI=1S/C23H26FN5O4S2/c1-34(30,31)18-6-7-21(20(24)12-18)26-22-13-25-27-23-19(22)8-9-28(23)16-10-14-2-3-15(11-16)29(14)35(32,33)17-4-5-17/h6-9,12-17H,2-5,10-11H2,1H3,(H,26,27)/t14-,15-/m0/s1. The van der Waals surface area contributed by atoms with Crippen LogP contribution in [0, 0.1) is 5.82 Å². The SMILES string of the molecule is CS(=O)(=O)c1ccc(Nc2cnnc3c2ccn3C2C[C@@H]3CC[C@@H](C2)N3S(=O)(=O)C2CC2)c(F)c1. The van der Waals surface area contributed by atoms with E-state index in [1.165, 1.54) is 18.3 Å². The van der Waals surface area contributed by atoms with Gasteiger partial charge in [-0.1, -0.05) is 0 Å². The summed E-state index contributed by atoms with van der Waals surface area (Å²) in [6.45, 7) is 0. The van der Waals surface area contributed by atoms with Gasteiger partial charge in [-0.25, -0.2) is 21.2 Å². The zero-order valence-electron chi connectivity index (χ0n) is 19.1. The lowest BCUT2D eigenvalue weighted by Crippen LogP contribution is -2.48. The number of nitrogens with one attached hydrogen (secondary N) is 1. The van der Waals surface area contributed by atoms with E-state index in [4.69, 9.17) is 0 Å². The summed E-state index contributed by atoms with van der Waals surface area (Å²) in [5.41, 5.74) is 1.33. The Morgan fingerprint density at radius 1 is 0.971 bits per heavy atom. The highest BCUT2D eigenvalue weighted by atomic mass is 32.2. The molecule has 186 valence electrons. The van der Waals surface area contributed by atoms with Gasteiger partial charge in [0.2, 0.25) is 10.0 Å². The Labute approximate surface area is 203 Å². The number of nitrogens with zero attached hydrogens (tertiary/aromatic N) is 4. The van der Waals surface area contributed by atoms with Gasteiger partial charge in [0.05, 0.1) is 27.7 Å². The fourth-order valence-corrected chi connectivity index (χ4v) is 8.54. The van der Waals surface area contributed by atoms with Gasteiger partial charge in [0.1, 0.15) is 5.82 Å². The van der Waals surface area contributed by atoms with Crippen molar-refractivity contribution in [3.8, 4) is 0 Å². The first kappa shape index (κ1) is 22.9. The van der Waals surface area contributed by atoms with Crippen molar-refractivity contribution in [2.75, 3.05) is 11.6 Å². The van der Waals surface area contributed by atoms with E-state index in [2.05, 4.69) is 20.1 Å². The quantitative estimate of drug-likeness (QED) is 0.531. The summed E-state index contributed by atoms with van der Waals surface area (Å²) in [5, 5.41) is 12.0. The summed E-state index contributed by atoms with van der Waals surface area (Å²) in [6, 6.07) is 5.76. The van der Waals surface area contributed by atoms with E-state index in [-0.39, 0.29) is 34.0 Å². The lowest BCUT2D eigenvalue weighted by molar-refractivity contribution is 0.195. The van der Waals surface area contributed by atoms with Crippen molar-refractivity contribution in [1.29, 1.82) is 0 Å². The lowest BCUT2D eigenvalue weighted by atomic mass is 9.99. The number of fused-ring (bicyclic) bond motifs is 3. The second-order valence-corrected chi connectivity index (χ2v) is 14.0. The molecule has 2 saturated heterocycles. The van der Waals surface area contributed by atoms with E-state index in [1.54, 1.807) is 4.31 Å². The molecule has 1 aliphatic carbocycles. The van der Waals surface area contributed by atoms with Crippen LogP contribution in [0.15, 0.2) is 41.6 Å². The first-order valence-electron chi connectivity index (χ1n) is 11.7. The van der Waals surface area contributed by atoms with Gasteiger partial charge in [-0.05, 0) is 62.8 Å². The molecule has 1 N–H and O–H groups in total. The molecule has 4 heterocycles. The number of hydrogen-bond acceptors (Lipinski definition) is 7. The molecule has 3 aliphatic rings. The molecular formula is C23H26FN5O4S2. The minimum Gasteiger partial charge on any atom is -0.351 e. The average molecular weight is 520 g/mol. The highest BCUT2D eigenvalue weighted by Gasteiger charge is 2.51. The smallest absolute Gasteiger partial charge is 0.217 e. The van der Waals surface area contributed by atoms with Gasteiger partial charge in [-0.3, -0.25) is 0 Å². The number of piperidine rings is 1. The van der Waals surface area contributed by atoms with Crippen LogP contribution < -0.4 is 5.32 Å². The maximum absolute atomic E-state index is 14.6. The summed E-state index contributed by atoms with van der Waals surface area (Å²) in [6.07, 6.45) is 9.24. The van der Waals surface area contributed by atoms with Crippen LogP contribution in [0.4, 0.5) is 15.8 Å². The van der Waals surface area contributed by atoms with Crippen molar-refractivity contribution in [3.05, 3.63) is 42.5 Å². The number of benzene rings is 1. The molecule has 12 heteroatoms. The average Bonchev–Trinajstić information content (AvgIpc) is 3.52. The predicted octanol–water partition coefficient (Wildman–Crippen LogP) is 3.38. The van der Waals surface area contributed by atoms with E-state index in [0.29, 0.717) is 11.3 Å². The number of sulfonamides is 1. The molecule has 3 fully saturated rings. The molecule has 0 amide bonds. The number of sulfone groups is 1. The fourth-order valence-electron chi connectivity index (χ4n) is 5.62. The molecule has 2 bridgehead atoms. The Morgan fingerprint density at radius 2 is 1.69 bits per heavy atom. The fraction of sp³-hybridized carbons (Fsp3) is 0.478. The highest BCUT2D eigenvalue weighted by Crippen LogP contribution is 2.46. The largest absolute Gasteiger partial charge is 0.351 e. The molecule has 0 unspecified atom stereocenters. The van der Waals surface area contributed by atoms with Crippen LogP contribution in [-0.4, -0.2) is 59.5 Å². The first-order valence-corrected chi connectivity index (χ1v) is 15.1. The van der Waals surface area contributed by atoms with Gasteiger partial charge in [0.15, 0.2) is 15.5 Å². The second-order valence-electron chi connectivity index (χ2n) is 9.84. The highest BCUT2D eigenvalue weighted by molar-refractivity contribution is 7.90. The number of rotatable bonds is 6. The van der Waals surface area contributed by atoms with E-state index in [0.717, 1.165) is 56.2 Å². The maximum atomic E-state index is 14.6. The molecule has 0 radical (unpaired) electrons. The molecule has 3 aromatic rings. The Kier molecular flexibility index (Phi) is 5.21. The van der Waals surface area contributed by atoms with Crippen LogP contribution in [0.5, 0.6) is 0 Å². The van der Waals surface area contributed by atoms with Gasteiger partial charge in [0.25, 0.3) is 0 Å². The summed E-state index contributed by atoms with van der Waals surface area (Å²) in [4.78, 5) is -0.0885. The van der Waals surface area contributed by atoms with Crippen LogP contribution in [0.25, 0.3) is 11.0 Å². The van der Waals surface area contributed by atoms with Gasteiger partial charge in [-0.15, -0.1) is 5.10 Å². The third-order valence-corrected chi connectivity index (χ3v) is 11.0. The van der Waals surface area contributed by atoms with Gasteiger partial charge in [-0.2, -0.15) is 9.40 Å². The minimum absolute atomic E-state index is 0.0125. The van der Waals surface area contributed by atoms with E-state index in [1.807, 2.05) is 12.3 Å². The van der Waals surface area contributed by atoms with Crippen molar-refractivity contribution in [1.82, 2.24) is 19.1 Å². The minimum atomic E-state index is -3.51. The molecule has 0 spiro atoms. The topological polar surface area (TPSA) is 114 Å². The molecule has 6 rings (SSSR count). The summed E-state index contributed by atoms with van der Waals surface area (Å²) in [7, 11) is -6.72. The molecule has 1 aromatic carbocycles. The van der Waals surface area contributed by atoms with Gasteiger partial charge < -0.3 is 9.88 Å². The van der Waals surface area contributed by atoms with Crippen LogP contribution in [0.1, 0.15) is 44.6 Å². The Hall–Kier alpha value is -2.57. The van der Waals surface area contributed by atoms with Crippen LogP contribution in [0.3, 0.4) is 0 Å². The van der Waals surface area contributed by atoms with Crippen molar-refractivity contribution in [2.45, 2.75) is 66.8 Å². The first-order chi connectivity index (χ1) is 16.6. The van der Waals surface area contributed by atoms with Crippen LogP contribution in [0.2, 0.25) is 0 Å². The van der Waals surface area contributed by atoms with E-state index in [9.17, 15) is 21.2 Å². The monoisotopic (exact) mass is 519 g/mol.